The molecule has 4 heteroatoms. The van der Waals surface area contributed by atoms with Crippen LogP contribution in [0.5, 0.6) is 0 Å². The summed E-state index contributed by atoms with van der Waals surface area (Å²) in [7, 11) is 0. The fourth-order valence-electron chi connectivity index (χ4n) is 3.97. The number of ether oxygens (including phenoxy) is 1. The van der Waals surface area contributed by atoms with Crippen LogP contribution in [0.3, 0.4) is 0 Å². The highest BCUT2D eigenvalue weighted by Crippen LogP contribution is 2.17. The van der Waals surface area contributed by atoms with Gasteiger partial charge in [0, 0.05) is 18.5 Å². The van der Waals surface area contributed by atoms with E-state index in [4.69, 9.17) is 14.6 Å². The number of carbonyl (C=O) groups excluding carboxylic acids is 1. The molecule has 0 saturated heterocycles. The number of hydrogen-bond donors (Lipinski definition) is 1. The maximum absolute atomic E-state index is 8.89. The molecule has 4 nitrogen and oxygen atoms in total. The Morgan fingerprint density at radius 2 is 1.10 bits per heavy atom. The second-order valence-corrected chi connectivity index (χ2v) is 9.21. The molecule has 2 unspecified atom stereocenters. The molecule has 0 saturated carbocycles. The van der Waals surface area contributed by atoms with Crippen molar-refractivity contribution in [2.45, 2.75) is 149 Å². The number of hydrogen-bond acceptors (Lipinski definition) is 3. The van der Waals surface area contributed by atoms with E-state index in [0.29, 0.717) is 12.0 Å². The van der Waals surface area contributed by atoms with E-state index in [2.05, 4.69) is 26.5 Å². The Morgan fingerprint density at radius 3 is 1.48 bits per heavy atom. The molecule has 0 heterocycles. The van der Waals surface area contributed by atoms with Gasteiger partial charge in [0.2, 0.25) is 0 Å². The summed E-state index contributed by atoms with van der Waals surface area (Å²) in [6.07, 6.45) is 25.6. The fraction of sp³-hybridized carbons (Fsp3) is 0.963. The summed E-state index contributed by atoms with van der Waals surface area (Å²) in [6, 6.07) is 0. The van der Waals surface area contributed by atoms with Gasteiger partial charge in [-0.2, -0.15) is 0 Å². The number of carboxylic acids is 1. The van der Waals surface area contributed by atoms with Crippen molar-refractivity contribution in [3.8, 4) is 0 Å². The van der Waals surface area contributed by atoms with Gasteiger partial charge in [0.15, 0.2) is 0 Å². The lowest BCUT2D eigenvalue weighted by atomic mass is 9.95. The molecule has 0 fully saturated rings. The Morgan fingerprint density at radius 1 is 0.742 bits per heavy atom. The molecular weight excluding hydrogens is 386 g/mol. The van der Waals surface area contributed by atoms with Gasteiger partial charge < -0.3 is 20.4 Å². The van der Waals surface area contributed by atoms with Crippen LogP contribution >= 0.6 is 0 Å². The van der Waals surface area contributed by atoms with Gasteiger partial charge in [-0.25, -0.2) is 0 Å². The molecule has 0 aliphatic carbocycles. The van der Waals surface area contributed by atoms with E-state index in [1.165, 1.54) is 116 Å². The SMILES string of the molecule is CC(=O)[O-].CCCCCCCCCCCCCCCCC(C[NH3+])C(C)OCCCCC. The molecule has 0 aliphatic heterocycles. The van der Waals surface area contributed by atoms with E-state index >= 15 is 0 Å². The molecule has 3 N–H and O–H groups in total. The molecule has 0 aliphatic rings. The lowest BCUT2D eigenvalue weighted by Gasteiger charge is -2.21. The van der Waals surface area contributed by atoms with Crippen molar-refractivity contribution in [2.75, 3.05) is 13.2 Å². The van der Waals surface area contributed by atoms with Crippen LogP contribution in [0.2, 0.25) is 0 Å². The first kappa shape index (κ1) is 32.6. The van der Waals surface area contributed by atoms with E-state index < -0.39 is 5.97 Å². The highest BCUT2D eigenvalue weighted by atomic mass is 16.5. The van der Waals surface area contributed by atoms with Crippen molar-refractivity contribution in [3.05, 3.63) is 0 Å². The molecule has 0 aromatic heterocycles. The minimum atomic E-state index is -1.08. The first-order valence-electron chi connectivity index (χ1n) is 13.6. The third kappa shape index (κ3) is 29.4. The monoisotopic (exact) mass is 443 g/mol. The van der Waals surface area contributed by atoms with E-state index in [1.54, 1.807) is 0 Å². The van der Waals surface area contributed by atoms with Crippen LogP contribution in [0.25, 0.3) is 0 Å². The number of aliphatic carboxylic acids is 1. The molecule has 0 radical (unpaired) electrons. The topological polar surface area (TPSA) is 77.0 Å². The van der Waals surface area contributed by atoms with Crippen molar-refractivity contribution in [3.63, 3.8) is 0 Å². The smallest absolute Gasteiger partial charge is 0.0793 e. The van der Waals surface area contributed by atoms with Crippen molar-refractivity contribution in [2.24, 2.45) is 5.92 Å². The van der Waals surface area contributed by atoms with E-state index in [9.17, 15) is 0 Å². The highest BCUT2D eigenvalue weighted by Gasteiger charge is 2.17. The van der Waals surface area contributed by atoms with Crippen LogP contribution in [0, 0.1) is 5.92 Å². The van der Waals surface area contributed by atoms with Gasteiger partial charge in [-0.15, -0.1) is 0 Å². The quantitative estimate of drug-likeness (QED) is 0.206. The van der Waals surface area contributed by atoms with Gasteiger partial charge in [0.1, 0.15) is 0 Å². The molecule has 31 heavy (non-hydrogen) atoms. The minimum Gasteiger partial charge on any atom is -0.550 e. The maximum atomic E-state index is 8.89. The second kappa shape index (κ2) is 27.4. The number of rotatable bonds is 22. The van der Waals surface area contributed by atoms with Crippen molar-refractivity contribution in [1.82, 2.24) is 0 Å². The molecule has 0 spiro atoms. The third-order valence-corrected chi connectivity index (χ3v) is 6.09. The molecule has 2 atom stereocenters. The van der Waals surface area contributed by atoms with Crippen molar-refractivity contribution in [1.29, 1.82) is 0 Å². The third-order valence-electron chi connectivity index (χ3n) is 6.09. The number of quaternary nitrogens is 1. The average Bonchev–Trinajstić information content (AvgIpc) is 2.73. The first-order chi connectivity index (χ1) is 15.0. The molecule has 0 bridgehead atoms. The minimum absolute atomic E-state index is 0.390. The predicted octanol–water partition coefficient (Wildman–Crippen LogP) is 6.07. The standard InChI is InChI=1S/C25H53NO.C2H4O2/c1-4-6-8-9-10-11-12-13-14-15-16-17-18-19-21-25(23-26)24(3)27-22-20-7-5-2;1-2(3)4/h24-25H,4-23,26H2,1-3H3;1H3,(H,3,4). The summed E-state index contributed by atoms with van der Waals surface area (Å²) in [4.78, 5) is 8.89. The molecule has 188 valence electrons. The zero-order chi connectivity index (χ0) is 23.6. The normalized spacial score (nSPS) is 12.8. The van der Waals surface area contributed by atoms with Crippen LogP contribution in [-0.2, 0) is 9.53 Å². The second-order valence-electron chi connectivity index (χ2n) is 9.21. The van der Waals surface area contributed by atoms with Crippen LogP contribution in [0.15, 0.2) is 0 Å². The van der Waals surface area contributed by atoms with E-state index in [0.717, 1.165) is 20.1 Å². The Hall–Kier alpha value is -0.610. The maximum Gasteiger partial charge on any atom is 0.0793 e. The highest BCUT2D eigenvalue weighted by molar-refractivity contribution is 5.60. The lowest BCUT2D eigenvalue weighted by Crippen LogP contribution is -2.55. The number of carbonyl (C=O) groups is 1. The van der Waals surface area contributed by atoms with Gasteiger partial charge in [-0.05, 0) is 26.7 Å². The lowest BCUT2D eigenvalue weighted by molar-refractivity contribution is -0.384. The zero-order valence-corrected chi connectivity index (χ0v) is 21.7. The van der Waals surface area contributed by atoms with Crippen LogP contribution in [0.1, 0.15) is 143 Å². The number of carboxylic acid groups (broad SMARTS) is 1. The van der Waals surface area contributed by atoms with Crippen molar-refractivity contribution >= 4 is 5.97 Å². The Kier molecular flexibility index (Phi) is 28.8. The molecule has 0 aromatic carbocycles. The van der Waals surface area contributed by atoms with Crippen LogP contribution in [0.4, 0.5) is 0 Å². The summed E-state index contributed by atoms with van der Waals surface area (Å²) in [6.45, 7) is 9.73. The zero-order valence-electron chi connectivity index (χ0n) is 21.7. The van der Waals surface area contributed by atoms with Gasteiger partial charge in [0.25, 0.3) is 0 Å². The average molecular weight is 444 g/mol. The first-order valence-corrected chi connectivity index (χ1v) is 13.6. The Bertz CT molecular complexity index is 345. The summed E-state index contributed by atoms with van der Waals surface area (Å²) < 4.78 is 6.03. The van der Waals surface area contributed by atoms with Crippen molar-refractivity contribution < 1.29 is 20.4 Å². The van der Waals surface area contributed by atoms with E-state index in [1.807, 2.05) is 0 Å². The predicted molar refractivity (Wildman–Crippen MR) is 132 cm³/mol. The van der Waals surface area contributed by atoms with Gasteiger partial charge in [0.05, 0.1) is 12.6 Å². The largest absolute Gasteiger partial charge is 0.550 e. The Labute approximate surface area is 195 Å². The summed E-state index contributed by atoms with van der Waals surface area (Å²) in [5.41, 5.74) is 4.16. The van der Waals surface area contributed by atoms with E-state index in [-0.39, 0.29) is 0 Å². The van der Waals surface area contributed by atoms with Crippen LogP contribution < -0.4 is 10.8 Å². The molecule has 0 rings (SSSR count). The van der Waals surface area contributed by atoms with Gasteiger partial charge >= 0.3 is 0 Å². The molecular formula is C27H57NO3. The summed E-state index contributed by atoms with van der Waals surface area (Å²) >= 11 is 0. The molecule has 0 aromatic rings. The van der Waals surface area contributed by atoms with Gasteiger partial charge in [-0.1, -0.05) is 117 Å². The number of unbranched alkanes of at least 4 members (excludes halogenated alkanes) is 15. The summed E-state index contributed by atoms with van der Waals surface area (Å²) in [5, 5.41) is 8.89. The molecule has 0 amide bonds. The van der Waals surface area contributed by atoms with Gasteiger partial charge in [-0.3, -0.25) is 0 Å². The van der Waals surface area contributed by atoms with Crippen LogP contribution in [-0.4, -0.2) is 25.2 Å². The fourth-order valence-corrected chi connectivity index (χ4v) is 3.97. The summed E-state index contributed by atoms with van der Waals surface area (Å²) in [5.74, 6) is -0.427. The Balaban J connectivity index is 0.